The van der Waals surface area contributed by atoms with E-state index >= 15 is 0 Å². The standard InChI is InChI=1S/C21H25ClN2O4S/c1-13(2)11-24-15(4)14(3)19-18(28-29(5,25)26)10-23-21(20(19)24)27-12-16-6-8-17(22)9-7-16/h6-10,13H,11-12H2,1-5H3. The van der Waals surface area contributed by atoms with Gasteiger partial charge in [-0.25, -0.2) is 4.98 Å². The SMILES string of the molecule is Cc1c(C)n(CC(C)C)c2c(OCc3ccc(Cl)cc3)ncc(OS(C)(=O)=O)c12. The van der Waals surface area contributed by atoms with E-state index < -0.39 is 10.1 Å². The Balaban J connectivity index is 2.12. The fourth-order valence-corrected chi connectivity index (χ4v) is 3.87. The van der Waals surface area contributed by atoms with Crippen LogP contribution in [0.1, 0.15) is 30.7 Å². The molecule has 0 fully saturated rings. The van der Waals surface area contributed by atoms with Crippen LogP contribution in [0.15, 0.2) is 30.5 Å². The summed E-state index contributed by atoms with van der Waals surface area (Å²) >= 11 is 5.95. The van der Waals surface area contributed by atoms with Gasteiger partial charge in [0, 0.05) is 17.3 Å². The largest absolute Gasteiger partial charge is 0.471 e. The first-order chi connectivity index (χ1) is 13.6. The number of fused-ring (bicyclic) bond motifs is 1. The van der Waals surface area contributed by atoms with Crippen LogP contribution in [0.5, 0.6) is 11.6 Å². The Kier molecular flexibility index (Phi) is 6.10. The van der Waals surface area contributed by atoms with E-state index in [1.165, 1.54) is 6.20 Å². The van der Waals surface area contributed by atoms with E-state index in [2.05, 4.69) is 23.4 Å². The van der Waals surface area contributed by atoms with Crippen LogP contribution >= 0.6 is 11.6 Å². The van der Waals surface area contributed by atoms with Gasteiger partial charge in [0.15, 0.2) is 5.75 Å². The first-order valence-corrected chi connectivity index (χ1v) is 11.5. The molecule has 29 heavy (non-hydrogen) atoms. The van der Waals surface area contributed by atoms with E-state index in [0.29, 0.717) is 28.8 Å². The predicted octanol–water partition coefficient (Wildman–Crippen LogP) is 4.88. The van der Waals surface area contributed by atoms with Crippen LogP contribution in [0.2, 0.25) is 5.02 Å². The molecule has 3 aromatic rings. The number of benzene rings is 1. The number of nitrogens with zero attached hydrogens (tertiary/aromatic N) is 2. The molecule has 0 spiro atoms. The number of aryl methyl sites for hydroxylation is 1. The summed E-state index contributed by atoms with van der Waals surface area (Å²) < 4.78 is 36.9. The third-order valence-corrected chi connectivity index (χ3v) is 5.39. The Hall–Kier alpha value is -2.25. The molecule has 0 N–H and O–H groups in total. The van der Waals surface area contributed by atoms with E-state index in [9.17, 15) is 8.42 Å². The van der Waals surface area contributed by atoms with Gasteiger partial charge in [-0.3, -0.25) is 0 Å². The van der Waals surface area contributed by atoms with Crippen molar-refractivity contribution in [3.63, 3.8) is 0 Å². The lowest BCUT2D eigenvalue weighted by Crippen LogP contribution is -2.09. The topological polar surface area (TPSA) is 70.4 Å². The molecule has 0 unspecified atom stereocenters. The Morgan fingerprint density at radius 3 is 2.41 bits per heavy atom. The summed E-state index contributed by atoms with van der Waals surface area (Å²) in [7, 11) is -3.69. The molecule has 0 amide bonds. The summed E-state index contributed by atoms with van der Waals surface area (Å²) in [5.41, 5.74) is 3.66. The zero-order valence-electron chi connectivity index (χ0n) is 17.2. The van der Waals surface area contributed by atoms with Gasteiger partial charge >= 0.3 is 10.1 Å². The van der Waals surface area contributed by atoms with Crippen molar-refractivity contribution in [2.45, 2.75) is 40.8 Å². The fourth-order valence-electron chi connectivity index (χ4n) is 3.29. The Bertz CT molecular complexity index is 1140. The fraction of sp³-hybridized carbons (Fsp3) is 0.381. The second-order valence-corrected chi connectivity index (χ2v) is 9.58. The third-order valence-electron chi connectivity index (χ3n) is 4.66. The van der Waals surface area contributed by atoms with E-state index in [-0.39, 0.29) is 5.75 Å². The lowest BCUT2D eigenvalue weighted by atomic mass is 10.2. The van der Waals surface area contributed by atoms with Gasteiger partial charge in [0.25, 0.3) is 0 Å². The number of aromatic nitrogens is 2. The smallest absolute Gasteiger partial charge is 0.306 e. The van der Waals surface area contributed by atoms with Crippen LogP contribution in [-0.4, -0.2) is 24.2 Å². The number of pyridine rings is 1. The lowest BCUT2D eigenvalue weighted by Gasteiger charge is -2.15. The first kappa shape index (κ1) is 21.5. The molecule has 0 atom stereocenters. The highest BCUT2D eigenvalue weighted by atomic mass is 35.5. The van der Waals surface area contributed by atoms with E-state index in [0.717, 1.165) is 35.1 Å². The molecule has 0 aliphatic carbocycles. The van der Waals surface area contributed by atoms with Gasteiger partial charge in [-0.1, -0.05) is 37.6 Å². The van der Waals surface area contributed by atoms with Crippen LogP contribution in [-0.2, 0) is 23.3 Å². The molecule has 6 nitrogen and oxygen atoms in total. The molecule has 0 bridgehead atoms. The van der Waals surface area contributed by atoms with Crippen molar-refractivity contribution in [1.29, 1.82) is 0 Å². The lowest BCUT2D eigenvalue weighted by molar-refractivity contribution is 0.295. The second kappa shape index (κ2) is 8.24. The molecule has 2 heterocycles. The molecule has 2 aromatic heterocycles. The molecular weight excluding hydrogens is 412 g/mol. The Labute approximate surface area is 176 Å². The summed E-state index contributed by atoms with van der Waals surface area (Å²) in [6, 6.07) is 7.40. The summed E-state index contributed by atoms with van der Waals surface area (Å²) in [5.74, 6) is 1.03. The van der Waals surface area contributed by atoms with E-state index in [1.54, 1.807) is 0 Å². The van der Waals surface area contributed by atoms with Gasteiger partial charge in [0.2, 0.25) is 5.88 Å². The van der Waals surface area contributed by atoms with Crippen LogP contribution in [0.3, 0.4) is 0 Å². The molecule has 1 aromatic carbocycles. The van der Waals surface area contributed by atoms with Gasteiger partial charge in [-0.15, -0.1) is 0 Å². The van der Waals surface area contributed by atoms with E-state index in [1.807, 2.05) is 38.1 Å². The number of ether oxygens (including phenoxy) is 1. The maximum Gasteiger partial charge on any atom is 0.306 e. The van der Waals surface area contributed by atoms with Crippen LogP contribution < -0.4 is 8.92 Å². The van der Waals surface area contributed by atoms with Crippen LogP contribution in [0.25, 0.3) is 10.9 Å². The molecule has 8 heteroatoms. The normalized spacial score (nSPS) is 12.0. The number of hydrogen-bond acceptors (Lipinski definition) is 5. The Morgan fingerprint density at radius 2 is 1.83 bits per heavy atom. The first-order valence-electron chi connectivity index (χ1n) is 9.32. The molecule has 0 aliphatic rings. The second-order valence-electron chi connectivity index (χ2n) is 7.57. The van der Waals surface area contributed by atoms with Crippen molar-refractivity contribution in [3.8, 4) is 11.6 Å². The minimum Gasteiger partial charge on any atom is -0.471 e. The van der Waals surface area contributed by atoms with Gasteiger partial charge in [-0.05, 0) is 43.0 Å². The molecule has 156 valence electrons. The molecule has 0 saturated heterocycles. The number of rotatable bonds is 7. The highest BCUT2D eigenvalue weighted by molar-refractivity contribution is 7.86. The Morgan fingerprint density at radius 1 is 1.17 bits per heavy atom. The average molecular weight is 437 g/mol. The van der Waals surface area contributed by atoms with E-state index in [4.69, 9.17) is 20.5 Å². The van der Waals surface area contributed by atoms with Gasteiger partial charge in [0.1, 0.15) is 12.1 Å². The molecule has 0 saturated carbocycles. The molecule has 0 aliphatic heterocycles. The van der Waals surface area contributed by atoms with Crippen molar-refractivity contribution < 1.29 is 17.3 Å². The third kappa shape index (κ3) is 4.85. The van der Waals surface area contributed by atoms with Crippen molar-refractivity contribution in [3.05, 3.63) is 52.3 Å². The monoisotopic (exact) mass is 436 g/mol. The maximum absolute atomic E-state index is 11.7. The summed E-state index contributed by atoms with van der Waals surface area (Å²) in [5, 5.41) is 1.36. The zero-order valence-corrected chi connectivity index (χ0v) is 18.8. The maximum atomic E-state index is 11.7. The van der Waals surface area contributed by atoms with Crippen LogP contribution in [0, 0.1) is 19.8 Å². The van der Waals surface area contributed by atoms with Crippen molar-refractivity contribution >= 4 is 32.6 Å². The summed E-state index contributed by atoms with van der Waals surface area (Å²) in [6.07, 6.45) is 2.43. The molecular formula is C21H25ClN2O4S. The molecule has 0 radical (unpaired) electrons. The summed E-state index contributed by atoms with van der Waals surface area (Å²) in [6.45, 7) is 9.27. The zero-order chi connectivity index (χ0) is 21.3. The molecule has 3 rings (SSSR count). The predicted molar refractivity (Wildman–Crippen MR) is 115 cm³/mol. The summed E-state index contributed by atoms with van der Waals surface area (Å²) in [4.78, 5) is 4.39. The van der Waals surface area contributed by atoms with Gasteiger partial charge in [-0.2, -0.15) is 8.42 Å². The minimum absolute atomic E-state index is 0.212. The highest BCUT2D eigenvalue weighted by Gasteiger charge is 2.23. The minimum atomic E-state index is -3.69. The number of halogens is 1. The quantitative estimate of drug-likeness (QED) is 0.493. The van der Waals surface area contributed by atoms with Crippen molar-refractivity contribution in [2.24, 2.45) is 5.92 Å². The van der Waals surface area contributed by atoms with Crippen molar-refractivity contribution in [2.75, 3.05) is 6.26 Å². The van der Waals surface area contributed by atoms with Crippen molar-refractivity contribution in [1.82, 2.24) is 9.55 Å². The van der Waals surface area contributed by atoms with Gasteiger partial charge < -0.3 is 13.5 Å². The van der Waals surface area contributed by atoms with Gasteiger partial charge in [0.05, 0.1) is 17.8 Å². The number of hydrogen-bond donors (Lipinski definition) is 0. The highest BCUT2D eigenvalue weighted by Crippen LogP contribution is 2.38. The average Bonchev–Trinajstić information content (AvgIpc) is 2.87. The van der Waals surface area contributed by atoms with Crippen LogP contribution in [0.4, 0.5) is 0 Å².